The van der Waals surface area contributed by atoms with Gasteiger partial charge < -0.3 is 9.84 Å². The van der Waals surface area contributed by atoms with Gasteiger partial charge in [0.1, 0.15) is 5.82 Å². The van der Waals surface area contributed by atoms with Crippen LogP contribution in [0.3, 0.4) is 0 Å². The third-order valence-electron chi connectivity index (χ3n) is 5.03. The summed E-state index contributed by atoms with van der Waals surface area (Å²) in [6, 6.07) is 7.35. The molecule has 24 heavy (non-hydrogen) atoms. The van der Waals surface area contributed by atoms with Gasteiger partial charge in [0.15, 0.2) is 0 Å². The normalized spacial score (nSPS) is 21.8. The van der Waals surface area contributed by atoms with Crippen LogP contribution in [0.15, 0.2) is 24.3 Å². The monoisotopic (exact) mass is 337 g/mol. The molecule has 0 saturated carbocycles. The second kappa shape index (κ2) is 8.93. The average Bonchev–Trinajstić information content (AvgIpc) is 2.53. The van der Waals surface area contributed by atoms with Crippen molar-refractivity contribution >= 4 is 0 Å². The van der Waals surface area contributed by atoms with Crippen molar-refractivity contribution in [2.45, 2.75) is 64.6 Å². The first-order chi connectivity index (χ1) is 11.4. The van der Waals surface area contributed by atoms with Crippen molar-refractivity contribution in [3.63, 3.8) is 0 Å². The van der Waals surface area contributed by atoms with E-state index in [1.165, 1.54) is 6.07 Å². The molecule has 1 aliphatic heterocycles. The molecule has 0 spiro atoms. The van der Waals surface area contributed by atoms with Gasteiger partial charge in [-0.2, -0.15) is 0 Å². The Morgan fingerprint density at radius 1 is 1.38 bits per heavy atom. The van der Waals surface area contributed by atoms with E-state index >= 15 is 0 Å². The van der Waals surface area contributed by atoms with Crippen molar-refractivity contribution in [2.24, 2.45) is 5.92 Å². The number of hydrogen-bond acceptors (Lipinski definition) is 3. The third-order valence-corrected chi connectivity index (χ3v) is 5.03. The van der Waals surface area contributed by atoms with Crippen LogP contribution >= 0.6 is 0 Å². The molecule has 3 nitrogen and oxygen atoms in total. The number of halogens is 1. The molecule has 0 aromatic heterocycles. The number of hydrogen-bond donors (Lipinski definition) is 1. The van der Waals surface area contributed by atoms with Gasteiger partial charge in [0.05, 0.1) is 5.60 Å². The van der Waals surface area contributed by atoms with Gasteiger partial charge in [-0.15, -0.1) is 0 Å². The Kier molecular flexibility index (Phi) is 7.20. The maximum atomic E-state index is 14.1. The van der Waals surface area contributed by atoms with Crippen LogP contribution in [0.2, 0.25) is 0 Å². The van der Waals surface area contributed by atoms with Gasteiger partial charge in [-0.05, 0) is 58.4 Å². The highest BCUT2D eigenvalue weighted by Crippen LogP contribution is 2.30. The molecule has 0 bridgehead atoms. The molecule has 0 amide bonds. The number of aliphatic hydroxyl groups excluding tert-OH is 1. The zero-order valence-electron chi connectivity index (χ0n) is 15.3. The van der Waals surface area contributed by atoms with Crippen LogP contribution in [0.1, 0.15) is 52.0 Å². The summed E-state index contributed by atoms with van der Waals surface area (Å²) in [5.74, 6) is 0.432. The highest BCUT2D eigenvalue weighted by Gasteiger charge is 2.30. The lowest BCUT2D eigenvalue weighted by Crippen LogP contribution is -2.42. The lowest BCUT2D eigenvalue weighted by atomic mass is 9.87. The number of rotatable bonds is 8. The van der Waals surface area contributed by atoms with Gasteiger partial charge in [-0.3, -0.25) is 4.90 Å². The molecule has 1 N–H and O–H groups in total. The lowest BCUT2D eigenvalue weighted by Gasteiger charge is -2.39. The van der Waals surface area contributed by atoms with E-state index in [2.05, 4.69) is 25.7 Å². The number of benzene rings is 1. The largest absolute Gasteiger partial charge is 0.396 e. The molecular formula is C20H32FNO2. The predicted molar refractivity (Wildman–Crippen MR) is 95.3 cm³/mol. The lowest BCUT2D eigenvalue weighted by molar-refractivity contribution is -0.0788. The molecule has 0 aliphatic carbocycles. The van der Waals surface area contributed by atoms with Crippen molar-refractivity contribution in [1.29, 1.82) is 0 Å². The molecule has 0 radical (unpaired) electrons. The Morgan fingerprint density at radius 3 is 2.79 bits per heavy atom. The minimum absolute atomic E-state index is 0.0685. The van der Waals surface area contributed by atoms with Crippen LogP contribution in [0.25, 0.3) is 0 Å². The molecule has 1 aromatic rings. The zero-order valence-corrected chi connectivity index (χ0v) is 15.3. The van der Waals surface area contributed by atoms with Gasteiger partial charge >= 0.3 is 0 Å². The van der Waals surface area contributed by atoms with Gasteiger partial charge in [0.2, 0.25) is 0 Å². The fraction of sp³-hybridized carbons (Fsp3) is 0.700. The first-order valence-electron chi connectivity index (χ1n) is 9.13. The van der Waals surface area contributed by atoms with E-state index in [1.807, 2.05) is 12.1 Å². The molecule has 1 saturated heterocycles. The number of ether oxygens (including phenoxy) is 1. The molecule has 2 atom stereocenters. The average molecular weight is 337 g/mol. The summed E-state index contributed by atoms with van der Waals surface area (Å²) in [7, 11) is 0. The van der Waals surface area contributed by atoms with Crippen LogP contribution in [-0.2, 0) is 11.3 Å². The second-order valence-electron chi connectivity index (χ2n) is 7.70. The summed E-state index contributed by atoms with van der Waals surface area (Å²) >= 11 is 0. The molecule has 2 rings (SSSR count). The summed E-state index contributed by atoms with van der Waals surface area (Å²) in [5, 5.41) is 9.13. The highest BCUT2D eigenvalue weighted by molar-refractivity contribution is 5.17. The number of nitrogens with zero attached hydrogens (tertiary/aromatic N) is 1. The molecule has 1 aromatic carbocycles. The molecule has 136 valence electrons. The van der Waals surface area contributed by atoms with E-state index in [1.54, 1.807) is 6.07 Å². The van der Waals surface area contributed by atoms with E-state index in [0.717, 1.165) is 44.4 Å². The Morgan fingerprint density at radius 2 is 2.12 bits per heavy atom. The quantitative estimate of drug-likeness (QED) is 0.778. The number of aliphatic hydroxyl groups is 1. The van der Waals surface area contributed by atoms with Crippen molar-refractivity contribution in [3.8, 4) is 0 Å². The Balaban J connectivity index is 2.06. The topological polar surface area (TPSA) is 32.7 Å². The van der Waals surface area contributed by atoms with E-state index in [0.29, 0.717) is 18.5 Å². The van der Waals surface area contributed by atoms with Crippen LogP contribution in [0.5, 0.6) is 0 Å². The predicted octanol–water partition coefficient (Wildman–Crippen LogP) is 3.99. The second-order valence-corrected chi connectivity index (χ2v) is 7.70. The molecule has 1 fully saturated rings. The SMILES string of the molecule is CC(CCCO)N(Cc1ccccc1F)CC1CCOC(C)(C)C1. The smallest absolute Gasteiger partial charge is 0.127 e. The van der Waals surface area contributed by atoms with Gasteiger partial charge in [-0.1, -0.05) is 18.2 Å². The zero-order chi connectivity index (χ0) is 17.6. The van der Waals surface area contributed by atoms with E-state index in [4.69, 9.17) is 9.84 Å². The van der Waals surface area contributed by atoms with Crippen molar-refractivity contribution in [1.82, 2.24) is 4.90 Å². The molecular weight excluding hydrogens is 305 g/mol. The molecule has 1 aliphatic rings. The van der Waals surface area contributed by atoms with Crippen LogP contribution < -0.4 is 0 Å². The van der Waals surface area contributed by atoms with Crippen molar-refractivity contribution in [2.75, 3.05) is 19.8 Å². The van der Waals surface area contributed by atoms with Crippen LogP contribution in [0, 0.1) is 11.7 Å². The first-order valence-corrected chi connectivity index (χ1v) is 9.13. The minimum atomic E-state index is -0.135. The highest BCUT2D eigenvalue weighted by atomic mass is 19.1. The molecule has 2 unspecified atom stereocenters. The summed E-state index contributed by atoms with van der Waals surface area (Å²) in [4.78, 5) is 2.38. The maximum Gasteiger partial charge on any atom is 0.127 e. The fourth-order valence-corrected chi connectivity index (χ4v) is 3.66. The van der Waals surface area contributed by atoms with Gasteiger partial charge in [0, 0.05) is 37.9 Å². The summed E-state index contributed by atoms with van der Waals surface area (Å²) in [5.41, 5.74) is 0.681. The fourth-order valence-electron chi connectivity index (χ4n) is 3.66. The summed E-state index contributed by atoms with van der Waals surface area (Å²) in [6.07, 6.45) is 3.81. The standard InChI is InChI=1S/C20H32FNO2/c1-16(7-6-11-23)22(15-18-8-4-5-9-19(18)21)14-17-10-12-24-20(2,3)13-17/h4-5,8-9,16-17,23H,6-7,10-15H2,1-3H3. The minimum Gasteiger partial charge on any atom is -0.396 e. The molecule has 1 heterocycles. The van der Waals surface area contributed by atoms with Gasteiger partial charge in [0.25, 0.3) is 0 Å². The summed E-state index contributed by atoms with van der Waals surface area (Å²) < 4.78 is 19.9. The summed E-state index contributed by atoms with van der Waals surface area (Å²) in [6.45, 7) is 9.06. The maximum absolute atomic E-state index is 14.1. The third kappa shape index (κ3) is 5.83. The van der Waals surface area contributed by atoms with E-state index < -0.39 is 0 Å². The van der Waals surface area contributed by atoms with Crippen LogP contribution in [-0.4, -0.2) is 41.4 Å². The van der Waals surface area contributed by atoms with Gasteiger partial charge in [-0.25, -0.2) is 4.39 Å². The van der Waals surface area contributed by atoms with Crippen molar-refractivity contribution < 1.29 is 14.2 Å². The van der Waals surface area contributed by atoms with E-state index in [-0.39, 0.29) is 18.0 Å². The van der Waals surface area contributed by atoms with Crippen LogP contribution in [0.4, 0.5) is 4.39 Å². The Hall–Kier alpha value is -0.970. The molecule has 4 heteroatoms. The Labute approximate surface area is 145 Å². The van der Waals surface area contributed by atoms with Crippen molar-refractivity contribution in [3.05, 3.63) is 35.6 Å². The first kappa shape index (κ1) is 19.4. The van der Waals surface area contributed by atoms with E-state index in [9.17, 15) is 4.39 Å². The Bertz CT molecular complexity index is 506.